The third kappa shape index (κ3) is 3.19. The zero-order valence-corrected chi connectivity index (χ0v) is 22.5. The van der Waals surface area contributed by atoms with E-state index in [1.54, 1.807) is 77.0 Å². The standard InChI is InChI=1S/C33H54/c1-19-14-22(4)32-29(15-19)31-28-16-27-24-8-6-5-7-23(24)9-10-25(27)26(28)11-12-30(31)33(32)17-20(2)13-21(3)18-33/h19-32H,5-18H2,1-4H3. The average Bonchev–Trinajstić information content (AvgIpc) is 3.27. The molecular weight excluding hydrogens is 396 g/mol. The van der Waals surface area contributed by atoms with E-state index in [1.165, 1.54) is 12.8 Å². The molecule has 7 saturated carbocycles. The van der Waals surface area contributed by atoms with Crippen molar-refractivity contribution in [2.24, 2.45) is 88.3 Å². The number of rotatable bonds is 0. The van der Waals surface area contributed by atoms with Crippen LogP contribution in [0.15, 0.2) is 0 Å². The van der Waals surface area contributed by atoms with E-state index >= 15 is 0 Å². The van der Waals surface area contributed by atoms with Crippen molar-refractivity contribution >= 4 is 0 Å². The Balaban J connectivity index is 1.26. The maximum absolute atomic E-state index is 2.72. The molecule has 0 N–H and O–H groups in total. The Morgan fingerprint density at radius 3 is 2.06 bits per heavy atom. The highest BCUT2D eigenvalue weighted by molar-refractivity contribution is 5.16. The normalized spacial score (nSPS) is 62.2. The van der Waals surface area contributed by atoms with Gasteiger partial charge < -0.3 is 0 Å². The van der Waals surface area contributed by atoms with Crippen LogP contribution >= 0.6 is 0 Å². The molecule has 14 unspecified atom stereocenters. The molecule has 0 heterocycles. The van der Waals surface area contributed by atoms with Crippen LogP contribution in [0.2, 0.25) is 0 Å². The molecule has 0 aliphatic heterocycles. The quantitative estimate of drug-likeness (QED) is 0.345. The third-order valence-electron chi connectivity index (χ3n) is 14.0. The van der Waals surface area contributed by atoms with Gasteiger partial charge in [-0.05, 0) is 159 Å². The van der Waals surface area contributed by atoms with Gasteiger partial charge in [0.25, 0.3) is 0 Å². The summed E-state index contributed by atoms with van der Waals surface area (Å²) in [5.74, 6) is 15.2. The third-order valence-corrected chi connectivity index (χ3v) is 14.0. The van der Waals surface area contributed by atoms with Crippen LogP contribution in [0.1, 0.15) is 118 Å². The molecule has 7 aliphatic carbocycles. The van der Waals surface area contributed by atoms with Gasteiger partial charge in [0.15, 0.2) is 0 Å². The fraction of sp³-hybridized carbons (Fsp3) is 1.00. The van der Waals surface area contributed by atoms with E-state index in [2.05, 4.69) is 27.7 Å². The predicted molar refractivity (Wildman–Crippen MR) is 139 cm³/mol. The summed E-state index contributed by atoms with van der Waals surface area (Å²) in [6, 6.07) is 0. The molecular formula is C33H54. The van der Waals surface area contributed by atoms with Crippen LogP contribution in [-0.4, -0.2) is 0 Å². The van der Waals surface area contributed by atoms with E-state index in [1.807, 2.05) is 0 Å². The number of hydrogen-bond donors (Lipinski definition) is 0. The molecule has 7 aliphatic rings. The van der Waals surface area contributed by atoms with Crippen LogP contribution in [0.5, 0.6) is 0 Å². The van der Waals surface area contributed by atoms with Crippen LogP contribution in [0.4, 0.5) is 0 Å². The molecule has 33 heavy (non-hydrogen) atoms. The van der Waals surface area contributed by atoms with Crippen molar-refractivity contribution in [3.05, 3.63) is 0 Å². The van der Waals surface area contributed by atoms with Gasteiger partial charge in [-0.2, -0.15) is 0 Å². The van der Waals surface area contributed by atoms with E-state index in [4.69, 9.17) is 0 Å². The lowest BCUT2D eigenvalue weighted by molar-refractivity contribution is -0.0382. The number of hydrogen-bond acceptors (Lipinski definition) is 0. The summed E-state index contributed by atoms with van der Waals surface area (Å²) in [6.07, 6.45) is 22.4. The lowest BCUT2D eigenvalue weighted by Gasteiger charge is -2.53. The van der Waals surface area contributed by atoms with Crippen LogP contribution < -0.4 is 0 Å². The fourth-order valence-corrected chi connectivity index (χ4v) is 14.2. The molecule has 186 valence electrons. The molecule has 0 amide bonds. The minimum atomic E-state index is 0.734. The Kier molecular flexibility index (Phi) is 5.39. The molecule has 0 aromatic rings. The minimum Gasteiger partial charge on any atom is -0.0625 e. The van der Waals surface area contributed by atoms with Gasteiger partial charge in [0.1, 0.15) is 0 Å². The van der Waals surface area contributed by atoms with Crippen molar-refractivity contribution in [3.8, 4) is 0 Å². The Bertz CT molecular complexity index is 726. The SMILES string of the molecule is CC1CC(C)C2C(C1)C1C3CC4C5CCCCC5CCC4C3CCC1C21CC(C)CC(C)C1. The largest absolute Gasteiger partial charge is 0.0625 e. The van der Waals surface area contributed by atoms with Crippen molar-refractivity contribution in [2.75, 3.05) is 0 Å². The maximum atomic E-state index is 2.72. The molecule has 0 nitrogen and oxygen atoms in total. The molecule has 7 fully saturated rings. The van der Waals surface area contributed by atoms with Crippen molar-refractivity contribution in [1.29, 1.82) is 0 Å². The first-order valence-corrected chi connectivity index (χ1v) is 16.0. The van der Waals surface area contributed by atoms with Crippen LogP contribution in [-0.2, 0) is 0 Å². The number of fused-ring (bicyclic) bond motifs is 11. The monoisotopic (exact) mass is 450 g/mol. The van der Waals surface area contributed by atoms with Gasteiger partial charge in [-0.3, -0.25) is 0 Å². The highest BCUT2D eigenvalue weighted by Crippen LogP contribution is 2.74. The second-order valence-electron chi connectivity index (χ2n) is 15.8. The maximum Gasteiger partial charge on any atom is -0.0228 e. The van der Waals surface area contributed by atoms with Crippen LogP contribution in [0.25, 0.3) is 0 Å². The molecule has 0 heteroatoms. The molecule has 7 rings (SSSR count). The predicted octanol–water partition coefficient (Wildman–Crippen LogP) is 9.24. The molecule has 1 spiro atoms. The summed E-state index contributed by atoms with van der Waals surface area (Å²) in [5, 5.41) is 0. The molecule has 0 aromatic heterocycles. The van der Waals surface area contributed by atoms with E-state index in [0.29, 0.717) is 0 Å². The first-order chi connectivity index (χ1) is 16.0. The Labute approximate surface area is 205 Å². The molecule has 14 atom stereocenters. The summed E-state index contributed by atoms with van der Waals surface area (Å²) in [4.78, 5) is 0. The second kappa shape index (κ2) is 8.00. The zero-order valence-electron chi connectivity index (χ0n) is 22.5. The molecule has 0 bridgehead atoms. The first kappa shape index (κ1) is 22.2. The fourth-order valence-electron chi connectivity index (χ4n) is 14.2. The second-order valence-corrected chi connectivity index (χ2v) is 15.8. The van der Waals surface area contributed by atoms with Crippen molar-refractivity contribution in [1.82, 2.24) is 0 Å². The van der Waals surface area contributed by atoms with E-state index in [0.717, 1.165) is 88.3 Å². The van der Waals surface area contributed by atoms with Gasteiger partial charge in [-0.15, -0.1) is 0 Å². The Morgan fingerprint density at radius 1 is 0.515 bits per heavy atom. The van der Waals surface area contributed by atoms with Gasteiger partial charge in [-0.25, -0.2) is 0 Å². The summed E-state index contributed by atoms with van der Waals surface area (Å²) >= 11 is 0. The summed E-state index contributed by atoms with van der Waals surface area (Å²) in [5.41, 5.74) is 0.734. The lowest BCUT2D eigenvalue weighted by Crippen LogP contribution is -2.45. The topological polar surface area (TPSA) is 0 Å². The van der Waals surface area contributed by atoms with Gasteiger partial charge >= 0.3 is 0 Å². The Morgan fingerprint density at radius 2 is 1.24 bits per heavy atom. The summed E-state index contributed by atoms with van der Waals surface area (Å²) in [7, 11) is 0. The zero-order chi connectivity index (χ0) is 22.5. The van der Waals surface area contributed by atoms with Gasteiger partial charge in [0.2, 0.25) is 0 Å². The highest BCUT2D eigenvalue weighted by Gasteiger charge is 2.68. The van der Waals surface area contributed by atoms with Crippen molar-refractivity contribution in [3.63, 3.8) is 0 Å². The van der Waals surface area contributed by atoms with Crippen molar-refractivity contribution in [2.45, 2.75) is 118 Å². The van der Waals surface area contributed by atoms with Crippen LogP contribution in [0, 0.1) is 88.3 Å². The van der Waals surface area contributed by atoms with Crippen molar-refractivity contribution < 1.29 is 0 Å². The van der Waals surface area contributed by atoms with Gasteiger partial charge in [-0.1, -0.05) is 47.0 Å². The average molecular weight is 451 g/mol. The highest BCUT2D eigenvalue weighted by atomic mass is 14.7. The molecule has 0 aromatic carbocycles. The van der Waals surface area contributed by atoms with Crippen LogP contribution in [0.3, 0.4) is 0 Å². The first-order valence-electron chi connectivity index (χ1n) is 16.0. The lowest BCUT2D eigenvalue weighted by atomic mass is 9.52. The van der Waals surface area contributed by atoms with E-state index in [9.17, 15) is 0 Å². The minimum absolute atomic E-state index is 0.734. The van der Waals surface area contributed by atoms with Gasteiger partial charge in [0.05, 0.1) is 0 Å². The molecule has 0 saturated heterocycles. The Hall–Kier alpha value is 0. The molecule has 0 radical (unpaired) electrons. The van der Waals surface area contributed by atoms with Gasteiger partial charge in [0, 0.05) is 0 Å². The van der Waals surface area contributed by atoms with E-state index in [-0.39, 0.29) is 0 Å². The summed E-state index contributed by atoms with van der Waals surface area (Å²) < 4.78 is 0. The summed E-state index contributed by atoms with van der Waals surface area (Å²) in [6.45, 7) is 10.6. The smallest absolute Gasteiger partial charge is 0.0228 e. The van der Waals surface area contributed by atoms with E-state index < -0.39 is 0 Å².